The zero-order chi connectivity index (χ0) is 20.2. The second-order valence-electron chi connectivity index (χ2n) is 6.39. The van der Waals surface area contributed by atoms with Crippen molar-refractivity contribution >= 4 is 0 Å². The van der Waals surface area contributed by atoms with Gasteiger partial charge in [0.2, 0.25) is 0 Å². The van der Waals surface area contributed by atoms with Gasteiger partial charge in [0.1, 0.15) is 11.4 Å². The van der Waals surface area contributed by atoms with E-state index in [1.54, 1.807) is 43.2 Å². The molecule has 0 amide bonds. The number of rotatable bonds is 4. The maximum atomic E-state index is 4.60. The number of aromatic nitrogens is 7. The van der Waals surface area contributed by atoms with E-state index in [9.17, 15) is 0 Å². The first-order valence-corrected chi connectivity index (χ1v) is 9.33. The molecule has 0 N–H and O–H groups in total. The van der Waals surface area contributed by atoms with Crippen LogP contribution in [0.1, 0.15) is 0 Å². The van der Waals surface area contributed by atoms with E-state index in [-0.39, 0.29) is 0 Å². The summed E-state index contributed by atoms with van der Waals surface area (Å²) in [6.07, 6.45) is 10.1. The van der Waals surface area contributed by atoms with Crippen LogP contribution in [0, 0.1) is 0 Å². The first-order chi connectivity index (χ1) is 14.9. The molecule has 142 valence electrons. The first-order valence-electron chi connectivity index (χ1n) is 9.33. The number of pyridine rings is 1. The fraction of sp³-hybridized carbons (Fsp3) is 0. The van der Waals surface area contributed by atoms with Gasteiger partial charge in [0.05, 0.1) is 17.6 Å². The van der Waals surface area contributed by atoms with Crippen molar-refractivity contribution in [3.8, 4) is 45.3 Å². The molecule has 30 heavy (non-hydrogen) atoms. The van der Waals surface area contributed by atoms with Crippen LogP contribution in [-0.2, 0) is 0 Å². The van der Waals surface area contributed by atoms with E-state index >= 15 is 0 Å². The van der Waals surface area contributed by atoms with Crippen LogP contribution in [0.15, 0.2) is 91.8 Å². The van der Waals surface area contributed by atoms with E-state index in [0.29, 0.717) is 22.9 Å². The molecule has 7 heteroatoms. The van der Waals surface area contributed by atoms with Gasteiger partial charge in [0.15, 0.2) is 5.82 Å². The Hall–Kier alpha value is -4.39. The third kappa shape index (κ3) is 3.29. The summed E-state index contributed by atoms with van der Waals surface area (Å²) in [5, 5.41) is 9.09. The molecule has 0 atom stereocenters. The molecular weight excluding hydrogens is 374 g/mol. The van der Waals surface area contributed by atoms with Crippen LogP contribution in [-0.4, -0.2) is 35.1 Å². The summed E-state index contributed by atoms with van der Waals surface area (Å²) in [4.78, 5) is 22.2. The molecule has 0 unspecified atom stereocenters. The van der Waals surface area contributed by atoms with Crippen LogP contribution in [0.2, 0.25) is 0 Å². The fourth-order valence-electron chi connectivity index (χ4n) is 3.25. The Bertz CT molecular complexity index is 1160. The maximum Gasteiger partial charge on any atom is 0.180 e. The first kappa shape index (κ1) is 17.7. The van der Waals surface area contributed by atoms with Gasteiger partial charge in [0, 0.05) is 47.7 Å². The van der Waals surface area contributed by atoms with Crippen LogP contribution in [0.25, 0.3) is 45.3 Å². The summed E-state index contributed by atoms with van der Waals surface area (Å²) in [6.45, 7) is 0. The van der Waals surface area contributed by atoms with Gasteiger partial charge in [-0.25, -0.2) is 9.97 Å². The minimum absolute atomic E-state index is 0.461. The summed E-state index contributed by atoms with van der Waals surface area (Å²) in [5.41, 5.74) is 5.10. The summed E-state index contributed by atoms with van der Waals surface area (Å²) < 4.78 is 0. The predicted molar refractivity (Wildman–Crippen MR) is 113 cm³/mol. The van der Waals surface area contributed by atoms with Crippen molar-refractivity contribution < 1.29 is 0 Å². The number of nitrogens with zero attached hydrogens (tertiary/aromatic N) is 7. The SMILES string of the molecule is c1ccc(-c2nnc(-c3ncccn3)c(-c3cnccn3)c2-c2ccccn2)cc1. The molecule has 5 aromatic rings. The smallest absolute Gasteiger partial charge is 0.180 e. The summed E-state index contributed by atoms with van der Waals surface area (Å²) in [7, 11) is 0. The molecule has 4 aromatic heterocycles. The van der Waals surface area contributed by atoms with Crippen LogP contribution < -0.4 is 0 Å². The minimum atomic E-state index is 0.461. The van der Waals surface area contributed by atoms with E-state index in [1.165, 1.54) is 0 Å². The molecular formula is C23H15N7. The summed E-state index contributed by atoms with van der Waals surface area (Å²) >= 11 is 0. The molecule has 0 aliphatic heterocycles. The summed E-state index contributed by atoms with van der Waals surface area (Å²) in [5.74, 6) is 0.461. The molecule has 0 aliphatic carbocycles. The number of benzene rings is 1. The molecule has 0 radical (unpaired) electrons. The van der Waals surface area contributed by atoms with Crippen LogP contribution >= 0.6 is 0 Å². The highest BCUT2D eigenvalue weighted by Crippen LogP contribution is 2.40. The normalized spacial score (nSPS) is 10.7. The second-order valence-corrected chi connectivity index (χ2v) is 6.39. The highest BCUT2D eigenvalue weighted by Gasteiger charge is 2.24. The topological polar surface area (TPSA) is 90.2 Å². The summed E-state index contributed by atoms with van der Waals surface area (Å²) in [6, 6.07) is 17.4. The van der Waals surface area contributed by atoms with Gasteiger partial charge in [-0.3, -0.25) is 15.0 Å². The monoisotopic (exact) mass is 389 g/mol. The fourth-order valence-corrected chi connectivity index (χ4v) is 3.25. The van der Waals surface area contributed by atoms with Gasteiger partial charge in [-0.05, 0) is 18.2 Å². The van der Waals surface area contributed by atoms with Gasteiger partial charge in [0.25, 0.3) is 0 Å². The van der Waals surface area contributed by atoms with Crippen molar-refractivity contribution in [2.45, 2.75) is 0 Å². The van der Waals surface area contributed by atoms with Crippen LogP contribution in [0.4, 0.5) is 0 Å². The van der Waals surface area contributed by atoms with Crippen molar-refractivity contribution in [2.24, 2.45) is 0 Å². The Morgan fingerprint density at radius 3 is 1.93 bits per heavy atom. The molecule has 0 spiro atoms. The van der Waals surface area contributed by atoms with Crippen molar-refractivity contribution in [1.29, 1.82) is 0 Å². The molecule has 4 heterocycles. The average molecular weight is 389 g/mol. The Kier molecular flexibility index (Phi) is 4.67. The molecule has 1 aromatic carbocycles. The Balaban J connectivity index is 1.91. The molecule has 0 aliphatic rings. The average Bonchev–Trinajstić information content (AvgIpc) is 2.85. The van der Waals surface area contributed by atoms with Gasteiger partial charge >= 0.3 is 0 Å². The highest BCUT2D eigenvalue weighted by molar-refractivity contribution is 5.95. The lowest BCUT2D eigenvalue weighted by molar-refractivity contribution is 1.01. The number of hydrogen-bond donors (Lipinski definition) is 0. The number of hydrogen-bond acceptors (Lipinski definition) is 7. The molecule has 7 nitrogen and oxygen atoms in total. The van der Waals surface area contributed by atoms with Crippen molar-refractivity contribution in [3.63, 3.8) is 0 Å². The van der Waals surface area contributed by atoms with E-state index in [1.807, 2.05) is 48.5 Å². The quantitative estimate of drug-likeness (QED) is 0.457. The van der Waals surface area contributed by atoms with Gasteiger partial charge < -0.3 is 0 Å². The minimum Gasteiger partial charge on any atom is -0.261 e. The van der Waals surface area contributed by atoms with Crippen LogP contribution in [0.3, 0.4) is 0 Å². The lowest BCUT2D eigenvalue weighted by atomic mass is 9.95. The molecule has 0 saturated carbocycles. The standard InChI is InChI=1S/C23H15N7/c1-2-7-16(8-3-1)21-19(17-9-4-5-10-25-17)20(18-15-24-13-14-26-18)22(30-29-21)23-27-11-6-12-28-23/h1-15H. The second kappa shape index (κ2) is 7.92. The maximum absolute atomic E-state index is 4.60. The lowest BCUT2D eigenvalue weighted by Crippen LogP contribution is -2.04. The van der Waals surface area contributed by atoms with Crippen molar-refractivity contribution in [1.82, 2.24) is 35.1 Å². The lowest BCUT2D eigenvalue weighted by Gasteiger charge is -2.16. The van der Waals surface area contributed by atoms with E-state index in [0.717, 1.165) is 22.4 Å². The van der Waals surface area contributed by atoms with Gasteiger partial charge in [-0.2, -0.15) is 0 Å². The zero-order valence-electron chi connectivity index (χ0n) is 15.8. The van der Waals surface area contributed by atoms with Gasteiger partial charge in [-0.15, -0.1) is 10.2 Å². The molecule has 0 fully saturated rings. The van der Waals surface area contributed by atoms with Crippen LogP contribution in [0.5, 0.6) is 0 Å². The Labute approximate surface area is 172 Å². The third-order valence-corrected chi connectivity index (χ3v) is 4.54. The Morgan fingerprint density at radius 2 is 1.20 bits per heavy atom. The Morgan fingerprint density at radius 1 is 0.500 bits per heavy atom. The highest BCUT2D eigenvalue weighted by atomic mass is 15.1. The van der Waals surface area contributed by atoms with Crippen molar-refractivity contribution in [3.05, 3.63) is 91.8 Å². The third-order valence-electron chi connectivity index (χ3n) is 4.54. The van der Waals surface area contributed by atoms with E-state index < -0.39 is 0 Å². The predicted octanol–water partition coefficient (Wildman–Crippen LogP) is 4.12. The van der Waals surface area contributed by atoms with E-state index in [2.05, 4.69) is 35.1 Å². The zero-order valence-corrected chi connectivity index (χ0v) is 15.8. The van der Waals surface area contributed by atoms with Crippen molar-refractivity contribution in [2.75, 3.05) is 0 Å². The molecule has 0 saturated heterocycles. The van der Waals surface area contributed by atoms with Gasteiger partial charge in [-0.1, -0.05) is 36.4 Å². The molecule has 5 rings (SSSR count). The molecule has 0 bridgehead atoms. The van der Waals surface area contributed by atoms with E-state index in [4.69, 9.17) is 0 Å². The largest absolute Gasteiger partial charge is 0.261 e.